The van der Waals surface area contributed by atoms with Crippen molar-refractivity contribution in [2.45, 2.75) is 36.7 Å². The molecule has 184 valence electrons. The fraction of sp³-hybridized carbons (Fsp3) is 0.357. The molecular formula is C28H30N6O2. The van der Waals surface area contributed by atoms with Crippen LogP contribution in [0.2, 0.25) is 0 Å². The summed E-state index contributed by atoms with van der Waals surface area (Å²) in [7, 11) is 1.86. The molecule has 2 saturated carbocycles. The summed E-state index contributed by atoms with van der Waals surface area (Å²) in [5, 5.41) is 19.9. The Balaban J connectivity index is 1.27. The van der Waals surface area contributed by atoms with Crippen LogP contribution in [0.3, 0.4) is 0 Å². The Hall–Kier alpha value is -3.94. The van der Waals surface area contributed by atoms with Gasteiger partial charge in [-0.15, -0.1) is 5.10 Å². The molecule has 4 atom stereocenters. The molecule has 8 nitrogen and oxygen atoms in total. The number of aromatic nitrogens is 4. The molecule has 2 aromatic carbocycles. The maximum absolute atomic E-state index is 7.97. The number of fused-ring (bicyclic) bond motifs is 2. The third-order valence-corrected chi connectivity index (χ3v) is 8.24. The van der Waals surface area contributed by atoms with E-state index < -0.39 is 5.60 Å². The van der Waals surface area contributed by atoms with Crippen LogP contribution in [-0.2, 0) is 17.2 Å². The highest BCUT2D eigenvalue weighted by molar-refractivity contribution is 5.89. The molecule has 36 heavy (non-hydrogen) atoms. The number of hydrogen-bond donors (Lipinski definition) is 2. The van der Waals surface area contributed by atoms with E-state index in [1.54, 1.807) is 23.1 Å². The molecule has 2 heterocycles. The molecule has 3 N–H and O–H groups in total. The minimum absolute atomic E-state index is 0.00126. The summed E-state index contributed by atoms with van der Waals surface area (Å²) in [6, 6.07) is 17.2. The van der Waals surface area contributed by atoms with Crippen LogP contribution in [0.1, 0.15) is 36.8 Å². The number of nitrogens with zero attached hydrogens (tertiary/aromatic N) is 4. The summed E-state index contributed by atoms with van der Waals surface area (Å²) in [5.41, 5.74) is 8.44. The van der Waals surface area contributed by atoms with E-state index in [0.29, 0.717) is 5.92 Å². The Labute approximate surface area is 210 Å². The van der Waals surface area contributed by atoms with E-state index in [1.807, 2.05) is 25.3 Å². The van der Waals surface area contributed by atoms with Gasteiger partial charge in [0.05, 0.1) is 6.26 Å². The lowest BCUT2D eigenvalue weighted by atomic mass is 9.64. The summed E-state index contributed by atoms with van der Waals surface area (Å²) in [4.78, 5) is 0. The van der Waals surface area contributed by atoms with Gasteiger partial charge in [0.2, 0.25) is 5.60 Å². The summed E-state index contributed by atoms with van der Waals surface area (Å²) in [5.74, 6) is 2.81. The Morgan fingerprint density at radius 3 is 2.42 bits per heavy atom. The van der Waals surface area contributed by atoms with Gasteiger partial charge in [0, 0.05) is 18.0 Å². The highest BCUT2D eigenvalue weighted by Crippen LogP contribution is 2.60. The highest BCUT2D eigenvalue weighted by Gasteiger charge is 2.52. The molecular weight excluding hydrogens is 452 g/mol. The van der Waals surface area contributed by atoms with Gasteiger partial charge < -0.3 is 15.2 Å². The van der Waals surface area contributed by atoms with E-state index in [0.717, 1.165) is 23.1 Å². The molecule has 2 fully saturated rings. The SMILES string of the molecule is Cn1nnnc1-c1ccc([C@]2(c3ccc(OCC4(C(=N)N)C=CC=CO4)cc3)C[C@@H]3CC[C@H]2C3)cc1. The number of ether oxygens (including phenoxy) is 2. The van der Waals surface area contributed by atoms with Crippen molar-refractivity contribution in [3.63, 3.8) is 0 Å². The number of nitrogens with two attached hydrogens (primary N) is 1. The number of hydrogen-bond acceptors (Lipinski definition) is 6. The molecule has 0 amide bonds. The standard InChI is InChI=1S/C28H30N6O2/c1-34-25(31-32-33-34)20-5-8-21(9-6-20)28(17-19-4-7-23(28)16-19)22-10-12-24(13-11-22)35-18-27(26(29)30)14-2-3-15-36-27/h2-3,5-6,8-15,19,23H,4,7,16-18H2,1H3,(H3,29,30)/t19-,23+,27?,28+/m1/s1. The first-order valence-corrected chi connectivity index (χ1v) is 12.4. The van der Waals surface area contributed by atoms with Crippen molar-refractivity contribution >= 4 is 5.84 Å². The zero-order valence-corrected chi connectivity index (χ0v) is 20.3. The number of rotatable bonds is 7. The Morgan fingerprint density at radius 2 is 1.86 bits per heavy atom. The van der Waals surface area contributed by atoms with Gasteiger partial charge >= 0.3 is 0 Å². The van der Waals surface area contributed by atoms with Crippen LogP contribution < -0.4 is 10.5 Å². The first-order valence-electron chi connectivity index (χ1n) is 12.4. The Kier molecular flexibility index (Phi) is 5.39. The van der Waals surface area contributed by atoms with Crippen molar-refractivity contribution in [1.29, 1.82) is 5.41 Å². The second kappa shape index (κ2) is 8.62. The third kappa shape index (κ3) is 3.59. The molecule has 3 aromatic rings. The van der Waals surface area contributed by atoms with Gasteiger partial charge in [-0.1, -0.05) is 48.9 Å². The second-order valence-electron chi connectivity index (χ2n) is 10.2. The van der Waals surface area contributed by atoms with Crippen LogP contribution in [0, 0.1) is 17.2 Å². The van der Waals surface area contributed by atoms with Gasteiger partial charge in [0.1, 0.15) is 18.2 Å². The normalized spacial score (nSPS) is 28.2. The Bertz CT molecular complexity index is 1330. The fourth-order valence-electron chi connectivity index (χ4n) is 6.40. The van der Waals surface area contributed by atoms with Gasteiger partial charge in [0.15, 0.2) is 5.82 Å². The van der Waals surface area contributed by atoms with Crippen LogP contribution >= 0.6 is 0 Å². The van der Waals surface area contributed by atoms with Crippen LogP contribution in [-0.4, -0.2) is 38.3 Å². The molecule has 1 aromatic heterocycles. The van der Waals surface area contributed by atoms with Crippen LogP contribution in [0.15, 0.2) is 73.0 Å². The zero-order chi connectivity index (χ0) is 24.8. The van der Waals surface area contributed by atoms with Gasteiger partial charge in [0.25, 0.3) is 0 Å². The molecule has 1 unspecified atom stereocenters. The second-order valence-corrected chi connectivity index (χ2v) is 10.2. The van der Waals surface area contributed by atoms with E-state index in [9.17, 15) is 0 Å². The monoisotopic (exact) mass is 482 g/mol. The molecule has 6 rings (SSSR count). The smallest absolute Gasteiger partial charge is 0.216 e. The van der Waals surface area contributed by atoms with E-state index in [-0.39, 0.29) is 17.9 Å². The zero-order valence-electron chi connectivity index (χ0n) is 20.3. The predicted octanol–water partition coefficient (Wildman–Crippen LogP) is 4.14. The molecule has 1 aliphatic heterocycles. The van der Waals surface area contributed by atoms with Crippen LogP contribution in [0.4, 0.5) is 0 Å². The van der Waals surface area contributed by atoms with E-state index in [1.165, 1.54) is 36.8 Å². The topological polar surface area (TPSA) is 112 Å². The molecule has 2 bridgehead atoms. The summed E-state index contributed by atoms with van der Waals surface area (Å²) in [6.07, 6.45) is 11.9. The lowest BCUT2D eigenvalue weighted by molar-refractivity contribution is 0.0729. The van der Waals surface area contributed by atoms with Crippen molar-refractivity contribution in [2.75, 3.05) is 6.61 Å². The highest BCUT2D eigenvalue weighted by atomic mass is 16.5. The van der Waals surface area contributed by atoms with E-state index in [2.05, 4.69) is 51.9 Å². The minimum Gasteiger partial charge on any atom is -0.489 e. The van der Waals surface area contributed by atoms with Crippen LogP contribution in [0.25, 0.3) is 11.4 Å². The van der Waals surface area contributed by atoms with Crippen LogP contribution in [0.5, 0.6) is 5.75 Å². The van der Waals surface area contributed by atoms with Gasteiger partial charge in [-0.2, -0.15) is 0 Å². The van der Waals surface area contributed by atoms with E-state index >= 15 is 0 Å². The van der Waals surface area contributed by atoms with Gasteiger partial charge in [-0.25, -0.2) is 4.68 Å². The number of amidine groups is 1. The average molecular weight is 483 g/mol. The first kappa shape index (κ1) is 22.5. The maximum Gasteiger partial charge on any atom is 0.216 e. The van der Waals surface area contributed by atoms with Gasteiger partial charge in [-0.3, -0.25) is 5.41 Å². The van der Waals surface area contributed by atoms with Crippen molar-refractivity contribution in [3.05, 3.63) is 84.1 Å². The minimum atomic E-state index is -1.07. The summed E-state index contributed by atoms with van der Waals surface area (Å²) >= 11 is 0. The fourth-order valence-corrected chi connectivity index (χ4v) is 6.40. The first-order chi connectivity index (χ1) is 17.5. The summed E-state index contributed by atoms with van der Waals surface area (Å²) in [6.45, 7) is 0.136. The van der Waals surface area contributed by atoms with Crippen molar-refractivity contribution in [1.82, 2.24) is 20.2 Å². The number of nitrogens with one attached hydrogen (secondary N) is 1. The van der Waals surface area contributed by atoms with E-state index in [4.69, 9.17) is 20.6 Å². The molecule has 8 heteroatoms. The largest absolute Gasteiger partial charge is 0.489 e. The predicted molar refractivity (Wildman–Crippen MR) is 136 cm³/mol. The molecule has 0 radical (unpaired) electrons. The number of allylic oxidation sites excluding steroid dienone is 2. The van der Waals surface area contributed by atoms with Crippen molar-refractivity contribution in [2.24, 2.45) is 24.6 Å². The quantitative estimate of drug-likeness (QED) is 0.387. The molecule has 0 saturated heterocycles. The maximum atomic E-state index is 7.97. The van der Waals surface area contributed by atoms with Gasteiger partial charge in [-0.05, 0) is 76.9 Å². The molecule has 2 aliphatic carbocycles. The molecule has 0 spiro atoms. The lowest BCUT2D eigenvalue weighted by Crippen LogP contribution is -2.48. The van der Waals surface area contributed by atoms with Crippen molar-refractivity contribution in [3.8, 4) is 17.1 Å². The number of tetrazole rings is 1. The third-order valence-electron chi connectivity index (χ3n) is 8.24. The average Bonchev–Trinajstić information content (AvgIpc) is 3.65. The number of aryl methyl sites for hydroxylation is 1. The molecule has 3 aliphatic rings. The lowest BCUT2D eigenvalue weighted by Gasteiger charge is -2.39. The summed E-state index contributed by atoms with van der Waals surface area (Å²) < 4.78 is 13.4. The Morgan fingerprint density at radius 1 is 1.11 bits per heavy atom. The van der Waals surface area contributed by atoms with Crippen molar-refractivity contribution < 1.29 is 9.47 Å². The number of benzene rings is 2.